The average molecular weight is 423 g/mol. The minimum atomic E-state index is -3.45. The van der Waals surface area contributed by atoms with E-state index in [1.807, 2.05) is 49.5 Å². The second-order valence-electron chi connectivity index (χ2n) is 7.15. The van der Waals surface area contributed by atoms with Crippen molar-refractivity contribution in [1.82, 2.24) is 8.97 Å². The van der Waals surface area contributed by atoms with Crippen molar-refractivity contribution in [3.63, 3.8) is 0 Å². The highest BCUT2D eigenvalue weighted by Crippen LogP contribution is 2.37. The molecule has 0 saturated heterocycles. The number of rotatable bonds is 5. The predicted molar refractivity (Wildman–Crippen MR) is 118 cm³/mol. The van der Waals surface area contributed by atoms with Gasteiger partial charge in [-0.25, -0.2) is 8.42 Å². The molecule has 2 aromatic carbocycles. The van der Waals surface area contributed by atoms with Crippen molar-refractivity contribution >= 4 is 21.2 Å². The third kappa shape index (κ3) is 3.81. The summed E-state index contributed by atoms with van der Waals surface area (Å²) in [6, 6.07) is 16.3. The maximum Gasteiger partial charge on any atom is 0.274 e. The molecule has 30 heavy (non-hydrogen) atoms. The van der Waals surface area contributed by atoms with Crippen molar-refractivity contribution < 1.29 is 13.2 Å². The Hall–Kier alpha value is -3.52. The van der Waals surface area contributed by atoms with E-state index < -0.39 is 10.0 Å². The lowest BCUT2D eigenvalue weighted by atomic mass is 10.1. The van der Waals surface area contributed by atoms with E-state index in [1.54, 1.807) is 35.8 Å². The van der Waals surface area contributed by atoms with Gasteiger partial charge < -0.3 is 13.7 Å². The Morgan fingerprint density at radius 2 is 1.73 bits per heavy atom. The summed E-state index contributed by atoms with van der Waals surface area (Å²) in [6.45, 7) is 1.87. The van der Waals surface area contributed by atoms with Crippen LogP contribution in [0, 0.1) is 6.92 Å². The Bertz CT molecular complexity index is 1400. The van der Waals surface area contributed by atoms with Crippen LogP contribution in [0.5, 0.6) is 11.5 Å². The van der Waals surface area contributed by atoms with Gasteiger partial charge in [-0.15, -0.1) is 0 Å². The van der Waals surface area contributed by atoms with E-state index in [2.05, 4.69) is 4.72 Å². The van der Waals surface area contributed by atoms with Gasteiger partial charge in [-0.2, -0.15) is 0 Å². The summed E-state index contributed by atoms with van der Waals surface area (Å²) < 4.78 is 35.4. The van der Waals surface area contributed by atoms with Crippen LogP contribution in [-0.2, 0) is 17.1 Å². The van der Waals surface area contributed by atoms with Gasteiger partial charge in [0.05, 0.1) is 11.9 Å². The van der Waals surface area contributed by atoms with Crippen LogP contribution in [0.3, 0.4) is 0 Å². The van der Waals surface area contributed by atoms with E-state index in [4.69, 9.17) is 4.74 Å². The van der Waals surface area contributed by atoms with Crippen molar-refractivity contribution in [1.29, 1.82) is 0 Å². The maximum absolute atomic E-state index is 12.6. The SMILES string of the molecule is Cc1cc(-c2cc(NS(C)(=O)=O)ccc2Oc2ccccc2)n2ccn(C)c(=O)c12. The average Bonchev–Trinajstić information content (AvgIpc) is 3.02. The van der Waals surface area contributed by atoms with Gasteiger partial charge >= 0.3 is 0 Å². The highest BCUT2D eigenvalue weighted by Gasteiger charge is 2.17. The first-order chi connectivity index (χ1) is 14.2. The monoisotopic (exact) mass is 423 g/mol. The van der Waals surface area contributed by atoms with Gasteiger partial charge in [0.1, 0.15) is 17.0 Å². The zero-order valence-electron chi connectivity index (χ0n) is 16.8. The number of para-hydroxylation sites is 1. The van der Waals surface area contributed by atoms with Crippen molar-refractivity contribution in [3.8, 4) is 22.8 Å². The molecule has 154 valence electrons. The van der Waals surface area contributed by atoms with E-state index in [0.29, 0.717) is 28.3 Å². The first-order valence-corrected chi connectivity index (χ1v) is 11.1. The van der Waals surface area contributed by atoms with E-state index >= 15 is 0 Å². The molecule has 1 N–H and O–H groups in total. The van der Waals surface area contributed by atoms with Crippen LogP contribution in [0.4, 0.5) is 5.69 Å². The number of sulfonamides is 1. The summed E-state index contributed by atoms with van der Waals surface area (Å²) in [5, 5.41) is 0. The summed E-state index contributed by atoms with van der Waals surface area (Å²) in [7, 11) is -1.75. The molecular formula is C22H21N3O4S. The fourth-order valence-corrected chi connectivity index (χ4v) is 3.96. The third-order valence-electron chi connectivity index (χ3n) is 4.72. The minimum Gasteiger partial charge on any atom is -0.457 e. The molecule has 0 unspecified atom stereocenters. The number of anilines is 1. The molecule has 0 fully saturated rings. The summed E-state index contributed by atoms with van der Waals surface area (Å²) in [5.74, 6) is 1.19. The Balaban J connectivity index is 1.94. The zero-order chi connectivity index (χ0) is 21.5. The van der Waals surface area contributed by atoms with Gasteiger partial charge in [0.15, 0.2) is 0 Å². The van der Waals surface area contributed by atoms with E-state index in [1.165, 1.54) is 4.57 Å². The standard InChI is InChI=1S/C22H21N3O4S/c1-15-13-19(25-12-11-24(2)22(26)21(15)25)18-14-16(23-30(3,27)28)9-10-20(18)29-17-7-5-4-6-8-17/h4-14,23H,1-3H3. The number of hydrogen-bond donors (Lipinski definition) is 1. The van der Waals surface area contributed by atoms with E-state index in [-0.39, 0.29) is 5.56 Å². The molecule has 4 rings (SSSR count). The molecular weight excluding hydrogens is 402 g/mol. The van der Waals surface area contributed by atoms with Crippen LogP contribution < -0.4 is 15.0 Å². The van der Waals surface area contributed by atoms with Crippen LogP contribution in [0.25, 0.3) is 16.8 Å². The van der Waals surface area contributed by atoms with Gasteiger partial charge in [0, 0.05) is 30.7 Å². The Kier molecular flexibility index (Phi) is 4.87. The van der Waals surface area contributed by atoms with Crippen molar-refractivity contribution in [2.45, 2.75) is 6.92 Å². The van der Waals surface area contributed by atoms with Gasteiger partial charge in [-0.3, -0.25) is 9.52 Å². The van der Waals surface area contributed by atoms with Crippen LogP contribution in [-0.4, -0.2) is 23.6 Å². The molecule has 0 aliphatic rings. The number of ether oxygens (including phenoxy) is 1. The van der Waals surface area contributed by atoms with E-state index in [9.17, 15) is 13.2 Å². The Labute approximate surface area is 174 Å². The summed E-state index contributed by atoms with van der Waals surface area (Å²) in [6.07, 6.45) is 4.60. The Morgan fingerprint density at radius 1 is 1.00 bits per heavy atom. The molecule has 8 heteroatoms. The predicted octanol–water partition coefficient (Wildman–Crippen LogP) is 3.78. The normalized spacial score (nSPS) is 11.6. The van der Waals surface area contributed by atoms with Crippen LogP contribution in [0.2, 0.25) is 0 Å². The van der Waals surface area contributed by atoms with Gasteiger partial charge in [0.2, 0.25) is 10.0 Å². The molecule has 7 nitrogen and oxygen atoms in total. The second kappa shape index (κ2) is 7.38. The lowest BCUT2D eigenvalue weighted by Gasteiger charge is -2.14. The van der Waals surface area contributed by atoms with Crippen molar-refractivity contribution in [2.75, 3.05) is 11.0 Å². The molecule has 0 aliphatic carbocycles. The first kappa shape index (κ1) is 19.8. The number of hydrogen-bond acceptors (Lipinski definition) is 4. The van der Waals surface area contributed by atoms with Crippen molar-refractivity contribution in [2.24, 2.45) is 7.05 Å². The molecule has 4 aromatic rings. The molecule has 0 aliphatic heterocycles. The van der Waals surface area contributed by atoms with Crippen LogP contribution in [0.1, 0.15) is 5.56 Å². The lowest BCUT2D eigenvalue weighted by Crippen LogP contribution is -2.18. The number of aryl methyl sites for hydroxylation is 2. The lowest BCUT2D eigenvalue weighted by molar-refractivity contribution is 0.484. The molecule has 0 saturated carbocycles. The number of nitrogens with zero attached hydrogens (tertiary/aromatic N) is 2. The quantitative estimate of drug-likeness (QED) is 0.530. The summed E-state index contributed by atoms with van der Waals surface area (Å²) in [5.41, 5.74) is 3.05. The largest absolute Gasteiger partial charge is 0.457 e. The number of fused-ring (bicyclic) bond motifs is 1. The Morgan fingerprint density at radius 3 is 2.43 bits per heavy atom. The molecule has 0 bridgehead atoms. The molecule has 2 heterocycles. The summed E-state index contributed by atoms with van der Waals surface area (Å²) in [4.78, 5) is 12.6. The smallest absolute Gasteiger partial charge is 0.274 e. The highest BCUT2D eigenvalue weighted by molar-refractivity contribution is 7.92. The highest BCUT2D eigenvalue weighted by atomic mass is 32.2. The van der Waals surface area contributed by atoms with Crippen LogP contribution in [0.15, 0.2) is 71.8 Å². The molecule has 0 spiro atoms. The van der Waals surface area contributed by atoms with Crippen molar-refractivity contribution in [3.05, 3.63) is 82.9 Å². The molecule has 0 amide bonds. The fraction of sp³-hybridized carbons (Fsp3) is 0.136. The second-order valence-corrected chi connectivity index (χ2v) is 8.89. The van der Waals surface area contributed by atoms with Crippen LogP contribution >= 0.6 is 0 Å². The number of aromatic nitrogens is 2. The van der Waals surface area contributed by atoms with Gasteiger partial charge in [-0.1, -0.05) is 18.2 Å². The third-order valence-corrected chi connectivity index (χ3v) is 5.33. The van der Waals surface area contributed by atoms with Gasteiger partial charge in [0.25, 0.3) is 5.56 Å². The zero-order valence-corrected chi connectivity index (χ0v) is 17.6. The van der Waals surface area contributed by atoms with Gasteiger partial charge in [-0.05, 0) is 48.9 Å². The number of benzene rings is 2. The minimum absolute atomic E-state index is 0.114. The fourth-order valence-electron chi connectivity index (χ4n) is 3.40. The summed E-state index contributed by atoms with van der Waals surface area (Å²) >= 11 is 0. The topological polar surface area (TPSA) is 81.8 Å². The molecule has 2 aromatic heterocycles. The maximum atomic E-state index is 12.6. The molecule has 0 atom stereocenters. The van der Waals surface area contributed by atoms with E-state index in [0.717, 1.165) is 17.5 Å². The number of nitrogens with one attached hydrogen (secondary N) is 1. The first-order valence-electron chi connectivity index (χ1n) is 9.25. The molecule has 0 radical (unpaired) electrons.